The van der Waals surface area contributed by atoms with Gasteiger partial charge in [0, 0.05) is 39.3 Å². The summed E-state index contributed by atoms with van der Waals surface area (Å²) in [5.41, 5.74) is 1.81. The molecule has 0 spiro atoms. The Balaban J connectivity index is 1.57. The highest BCUT2D eigenvalue weighted by Crippen LogP contribution is 2.35. The van der Waals surface area contributed by atoms with Gasteiger partial charge in [-0.05, 0) is 49.7 Å². The van der Waals surface area contributed by atoms with Gasteiger partial charge in [0.15, 0.2) is 0 Å². The Labute approximate surface area is 198 Å². The fourth-order valence-corrected chi connectivity index (χ4v) is 4.24. The van der Waals surface area contributed by atoms with Crippen LogP contribution in [-0.4, -0.2) is 90.9 Å². The summed E-state index contributed by atoms with van der Waals surface area (Å²) < 4.78 is 19.1. The van der Waals surface area contributed by atoms with Crippen LogP contribution < -0.4 is 15.0 Å². The maximum atomic E-state index is 13.4. The van der Waals surface area contributed by atoms with E-state index in [0.717, 1.165) is 38.3 Å². The Hall–Kier alpha value is -3.24. The number of carboxylic acid groups (broad SMARTS) is 1. The molecule has 9 nitrogen and oxygen atoms in total. The molecule has 1 saturated heterocycles. The lowest BCUT2D eigenvalue weighted by Crippen LogP contribution is -2.47. The summed E-state index contributed by atoms with van der Waals surface area (Å²) in [7, 11) is 2.10. The van der Waals surface area contributed by atoms with E-state index in [4.69, 9.17) is 4.74 Å². The Morgan fingerprint density at radius 3 is 2.59 bits per heavy atom. The summed E-state index contributed by atoms with van der Waals surface area (Å²) in [6.45, 7) is 7.00. The number of aromatic nitrogens is 1. The van der Waals surface area contributed by atoms with E-state index in [1.54, 1.807) is 25.1 Å². The molecule has 4 rings (SSSR count). The second kappa shape index (κ2) is 10.4. The van der Waals surface area contributed by atoms with Crippen LogP contribution in [0.5, 0.6) is 5.88 Å². The van der Waals surface area contributed by atoms with Crippen LogP contribution in [0, 0.1) is 5.82 Å². The number of hydrogen-bond donors (Lipinski definition) is 2. The first-order chi connectivity index (χ1) is 16.3. The molecule has 2 N–H and O–H groups in total. The molecular weight excluding hydrogens is 441 g/mol. The van der Waals surface area contributed by atoms with Crippen LogP contribution in [0.4, 0.5) is 14.9 Å². The van der Waals surface area contributed by atoms with Crippen LogP contribution in [0.15, 0.2) is 30.3 Å². The number of carbonyl (C=O) groups excluding carboxylic acids is 1. The number of ether oxygens (including phenoxy) is 1. The van der Waals surface area contributed by atoms with Gasteiger partial charge in [0.2, 0.25) is 5.88 Å². The first-order valence-electron chi connectivity index (χ1n) is 11.4. The molecule has 0 radical (unpaired) electrons. The van der Waals surface area contributed by atoms with Crippen molar-refractivity contribution in [2.24, 2.45) is 0 Å². The van der Waals surface area contributed by atoms with Gasteiger partial charge in [0.25, 0.3) is 5.91 Å². The molecule has 1 aromatic carbocycles. The number of benzene rings is 1. The van der Waals surface area contributed by atoms with Crippen molar-refractivity contribution >= 4 is 17.7 Å². The van der Waals surface area contributed by atoms with Gasteiger partial charge in [0.1, 0.15) is 23.8 Å². The van der Waals surface area contributed by atoms with Crippen LogP contribution in [0.3, 0.4) is 0 Å². The zero-order valence-corrected chi connectivity index (χ0v) is 19.5. The highest BCUT2D eigenvalue weighted by Gasteiger charge is 2.32. The number of carbonyl (C=O) groups is 2. The van der Waals surface area contributed by atoms with Crippen LogP contribution in [0.1, 0.15) is 28.5 Å². The van der Waals surface area contributed by atoms with Gasteiger partial charge in [-0.25, -0.2) is 14.2 Å². The summed E-state index contributed by atoms with van der Waals surface area (Å²) in [6.07, 6.45) is -0.820. The molecule has 0 aliphatic carbocycles. The summed E-state index contributed by atoms with van der Waals surface area (Å²) in [5.74, 6) is -0.584. The number of likely N-dealkylation sites (N-methyl/N-ethyl adjacent to an activating group) is 1. The number of hydrogen-bond acceptors (Lipinski definition) is 6. The van der Waals surface area contributed by atoms with Crippen LogP contribution in [-0.2, 0) is 6.42 Å². The SMILES string of the molecule is C[C@H]1COc2nc(C(=O)NCCN3CCN(C)CC3)c(Cc3ccc(F)cc3)cc2N1C(=O)O. The van der Waals surface area contributed by atoms with Crippen molar-refractivity contribution in [3.05, 3.63) is 53.0 Å². The number of fused-ring (bicyclic) bond motifs is 1. The Kier molecular flexibility index (Phi) is 7.28. The molecule has 34 heavy (non-hydrogen) atoms. The summed E-state index contributed by atoms with van der Waals surface area (Å²) in [4.78, 5) is 35.2. The summed E-state index contributed by atoms with van der Waals surface area (Å²) >= 11 is 0. The second-order valence-electron chi connectivity index (χ2n) is 8.84. The quantitative estimate of drug-likeness (QED) is 0.666. The molecule has 10 heteroatoms. The Bertz CT molecular complexity index is 1040. The number of piperazine rings is 1. The molecule has 182 valence electrons. The zero-order chi connectivity index (χ0) is 24.2. The first kappa shape index (κ1) is 23.9. The van der Waals surface area contributed by atoms with Gasteiger partial charge in [-0.1, -0.05) is 12.1 Å². The molecule has 2 aliphatic heterocycles. The van der Waals surface area contributed by atoms with E-state index in [-0.39, 0.29) is 29.9 Å². The second-order valence-corrected chi connectivity index (χ2v) is 8.84. The molecule has 0 saturated carbocycles. The van der Waals surface area contributed by atoms with Gasteiger partial charge in [-0.15, -0.1) is 0 Å². The Morgan fingerprint density at radius 2 is 1.91 bits per heavy atom. The molecule has 3 heterocycles. The van der Waals surface area contributed by atoms with Crippen molar-refractivity contribution in [1.29, 1.82) is 0 Å². The van der Waals surface area contributed by atoms with Crippen molar-refractivity contribution in [1.82, 2.24) is 20.1 Å². The van der Waals surface area contributed by atoms with Gasteiger partial charge in [-0.3, -0.25) is 14.6 Å². The van der Waals surface area contributed by atoms with Crippen molar-refractivity contribution in [3.8, 4) is 5.88 Å². The number of pyridine rings is 1. The average molecular weight is 472 g/mol. The van der Waals surface area contributed by atoms with E-state index in [1.165, 1.54) is 17.0 Å². The summed E-state index contributed by atoms with van der Waals surface area (Å²) in [6, 6.07) is 7.23. The minimum Gasteiger partial charge on any atom is -0.474 e. The third-order valence-corrected chi connectivity index (χ3v) is 6.25. The van der Waals surface area contributed by atoms with Gasteiger partial charge >= 0.3 is 6.09 Å². The van der Waals surface area contributed by atoms with Crippen LogP contribution >= 0.6 is 0 Å². The predicted octanol–water partition coefficient (Wildman–Crippen LogP) is 2.05. The molecule has 0 unspecified atom stereocenters. The van der Waals surface area contributed by atoms with Crippen molar-refractivity contribution in [2.75, 3.05) is 57.8 Å². The minimum absolute atomic E-state index is 0.118. The lowest BCUT2D eigenvalue weighted by atomic mass is 10.0. The van der Waals surface area contributed by atoms with E-state index >= 15 is 0 Å². The highest BCUT2D eigenvalue weighted by molar-refractivity contribution is 5.96. The fourth-order valence-electron chi connectivity index (χ4n) is 4.24. The number of nitrogens with zero attached hydrogens (tertiary/aromatic N) is 4. The fraction of sp³-hybridized carbons (Fsp3) is 0.458. The molecule has 1 atom stereocenters. The number of rotatable bonds is 6. The number of nitrogens with one attached hydrogen (secondary N) is 1. The average Bonchev–Trinajstić information content (AvgIpc) is 2.81. The lowest BCUT2D eigenvalue weighted by molar-refractivity contribution is 0.0933. The Morgan fingerprint density at radius 1 is 1.21 bits per heavy atom. The van der Waals surface area contributed by atoms with E-state index < -0.39 is 12.1 Å². The largest absolute Gasteiger partial charge is 0.474 e. The topological polar surface area (TPSA) is 98.2 Å². The third-order valence-electron chi connectivity index (χ3n) is 6.25. The number of amides is 2. The first-order valence-corrected chi connectivity index (χ1v) is 11.4. The van der Waals surface area contributed by atoms with E-state index in [1.807, 2.05) is 0 Å². The zero-order valence-electron chi connectivity index (χ0n) is 19.5. The lowest BCUT2D eigenvalue weighted by Gasteiger charge is -2.33. The molecule has 1 aromatic heterocycles. The maximum absolute atomic E-state index is 13.4. The standard InChI is InChI=1S/C24H30FN5O4/c1-16-15-34-23-20(30(16)24(32)33)14-18(13-17-3-5-19(25)6-4-17)21(27-23)22(31)26-7-8-29-11-9-28(2)10-12-29/h3-6,14,16H,7-13,15H2,1-2H3,(H,26,31)(H,32,33)/t16-/m0/s1. The molecule has 0 bridgehead atoms. The molecule has 2 aromatic rings. The van der Waals surface area contributed by atoms with Crippen molar-refractivity contribution < 1.29 is 23.8 Å². The molecular formula is C24H30FN5O4. The van der Waals surface area contributed by atoms with Crippen LogP contribution in [0.25, 0.3) is 0 Å². The van der Waals surface area contributed by atoms with E-state index in [9.17, 15) is 19.1 Å². The number of anilines is 1. The number of halogens is 1. The molecule has 2 amide bonds. The van der Waals surface area contributed by atoms with Gasteiger partial charge < -0.3 is 20.1 Å². The third kappa shape index (κ3) is 5.45. The smallest absolute Gasteiger partial charge is 0.412 e. The minimum atomic E-state index is -1.11. The van der Waals surface area contributed by atoms with Crippen molar-refractivity contribution in [2.45, 2.75) is 19.4 Å². The molecule has 2 aliphatic rings. The summed E-state index contributed by atoms with van der Waals surface area (Å²) in [5, 5.41) is 12.7. The maximum Gasteiger partial charge on any atom is 0.412 e. The van der Waals surface area contributed by atoms with Crippen molar-refractivity contribution in [3.63, 3.8) is 0 Å². The normalized spacial score (nSPS) is 18.8. The monoisotopic (exact) mass is 471 g/mol. The predicted molar refractivity (Wildman–Crippen MR) is 125 cm³/mol. The van der Waals surface area contributed by atoms with Gasteiger partial charge in [-0.2, -0.15) is 0 Å². The van der Waals surface area contributed by atoms with E-state index in [0.29, 0.717) is 24.2 Å². The highest BCUT2D eigenvalue weighted by atomic mass is 19.1. The van der Waals surface area contributed by atoms with E-state index in [2.05, 4.69) is 27.1 Å². The van der Waals surface area contributed by atoms with Crippen LogP contribution in [0.2, 0.25) is 0 Å². The molecule has 1 fully saturated rings. The van der Waals surface area contributed by atoms with Gasteiger partial charge in [0.05, 0.1) is 6.04 Å².